The van der Waals surface area contributed by atoms with Crippen molar-refractivity contribution in [1.82, 2.24) is 15.0 Å². The van der Waals surface area contributed by atoms with E-state index in [1.54, 1.807) is 13.0 Å². The van der Waals surface area contributed by atoms with Crippen molar-refractivity contribution < 1.29 is 14.5 Å². The summed E-state index contributed by atoms with van der Waals surface area (Å²) in [7, 11) is 0. The van der Waals surface area contributed by atoms with Crippen molar-refractivity contribution in [3.05, 3.63) is 64.5 Å². The highest BCUT2D eigenvalue weighted by molar-refractivity contribution is 5.96. The Kier molecular flexibility index (Phi) is 8.88. The van der Waals surface area contributed by atoms with Gasteiger partial charge in [0.25, 0.3) is 5.69 Å². The molecule has 0 spiro atoms. The second-order valence-electron chi connectivity index (χ2n) is 7.41. The number of benzene rings is 1. The van der Waals surface area contributed by atoms with Gasteiger partial charge in [0.05, 0.1) is 17.2 Å². The molecule has 184 valence electrons. The molecule has 0 aliphatic rings. The molecule has 0 radical (unpaired) electrons. The van der Waals surface area contributed by atoms with Gasteiger partial charge in [0, 0.05) is 49.7 Å². The van der Waals surface area contributed by atoms with Crippen molar-refractivity contribution in [2.75, 3.05) is 48.3 Å². The summed E-state index contributed by atoms with van der Waals surface area (Å²) < 4.78 is 5.19. The Morgan fingerprint density at radius 1 is 1.00 bits per heavy atom. The molecular weight excluding hydrogens is 450 g/mol. The SMILES string of the molecule is CCOC(=O)c1cnc(NCCNc2ccc([N+](=O)[O-])cn2)nc1-c1ccc(N(CC)CC)cc1. The maximum absolute atomic E-state index is 12.5. The molecule has 0 bridgehead atoms. The predicted molar refractivity (Wildman–Crippen MR) is 135 cm³/mol. The van der Waals surface area contributed by atoms with Crippen LogP contribution >= 0.6 is 0 Å². The average molecular weight is 480 g/mol. The number of hydrogen-bond donors (Lipinski definition) is 2. The predicted octanol–water partition coefficient (Wildman–Crippen LogP) is 3.99. The minimum atomic E-state index is -0.496. The molecule has 0 aliphatic heterocycles. The number of anilines is 3. The van der Waals surface area contributed by atoms with E-state index >= 15 is 0 Å². The third-order valence-corrected chi connectivity index (χ3v) is 5.23. The second-order valence-corrected chi connectivity index (χ2v) is 7.41. The van der Waals surface area contributed by atoms with Gasteiger partial charge in [0.15, 0.2) is 0 Å². The van der Waals surface area contributed by atoms with E-state index < -0.39 is 10.9 Å². The molecule has 0 saturated carbocycles. The van der Waals surface area contributed by atoms with Gasteiger partial charge in [-0.3, -0.25) is 10.1 Å². The van der Waals surface area contributed by atoms with Crippen LogP contribution < -0.4 is 15.5 Å². The highest BCUT2D eigenvalue weighted by Crippen LogP contribution is 2.26. The van der Waals surface area contributed by atoms with E-state index in [4.69, 9.17) is 4.74 Å². The van der Waals surface area contributed by atoms with Crippen LogP contribution in [-0.4, -0.2) is 58.6 Å². The number of carbonyl (C=O) groups is 1. The molecule has 2 N–H and O–H groups in total. The summed E-state index contributed by atoms with van der Waals surface area (Å²) in [6.45, 7) is 8.93. The van der Waals surface area contributed by atoms with Crippen LogP contribution in [0, 0.1) is 10.1 Å². The Labute approximate surface area is 203 Å². The normalized spacial score (nSPS) is 10.5. The van der Waals surface area contributed by atoms with Crippen LogP contribution in [0.25, 0.3) is 11.3 Å². The summed E-state index contributed by atoms with van der Waals surface area (Å²) in [5.74, 6) is 0.400. The lowest BCUT2D eigenvalue weighted by Crippen LogP contribution is -2.21. The van der Waals surface area contributed by atoms with Crippen molar-refractivity contribution in [1.29, 1.82) is 0 Å². The van der Waals surface area contributed by atoms with Gasteiger partial charge in [-0.2, -0.15) is 0 Å². The molecule has 0 aliphatic carbocycles. The fourth-order valence-electron chi connectivity index (χ4n) is 3.43. The maximum Gasteiger partial charge on any atom is 0.341 e. The molecule has 2 aromatic heterocycles. The summed E-state index contributed by atoms with van der Waals surface area (Å²) in [4.78, 5) is 37.8. The summed E-state index contributed by atoms with van der Waals surface area (Å²) in [6, 6.07) is 10.8. The number of ether oxygens (including phenoxy) is 1. The molecule has 0 fully saturated rings. The van der Waals surface area contributed by atoms with Crippen LogP contribution in [-0.2, 0) is 4.74 Å². The Morgan fingerprint density at radius 3 is 2.31 bits per heavy atom. The molecule has 3 rings (SSSR count). The molecule has 35 heavy (non-hydrogen) atoms. The van der Waals surface area contributed by atoms with Gasteiger partial charge in [0.2, 0.25) is 5.95 Å². The van der Waals surface area contributed by atoms with E-state index in [2.05, 4.69) is 44.3 Å². The highest BCUT2D eigenvalue weighted by Gasteiger charge is 2.18. The number of hydrogen-bond acceptors (Lipinski definition) is 10. The van der Waals surface area contributed by atoms with Gasteiger partial charge < -0.3 is 20.3 Å². The third-order valence-electron chi connectivity index (χ3n) is 5.23. The molecule has 11 nitrogen and oxygen atoms in total. The number of aromatic nitrogens is 3. The fourth-order valence-corrected chi connectivity index (χ4v) is 3.43. The maximum atomic E-state index is 12.5. The zero-order chi connectivity index (χ0) is 25.2. The molecule has 0 saturated heterocycles. The third kappa shape index (κ3) is 6.62. The number of nitrogens with zero attached hydrogens (tertiary/aromatic N) is 5. The van der Waals surface area contributed by atoms with Crippen molar-refractivity contribution in [2.45, 2.75) is 20.8 Å². The Morgan fingerprint density at radius 2 is 1.71 bits per heavy atom. The first-order valence-electron chi connectivity index (χ1n) is 11.4. The van der Waals surface area contributed by atoms with Crippen LogP contribution in [0.15, 0.2) is 48.8 Å². The van der Waals surface area contributed by atoms with Gasteiger partial charge in [0.1, 0.15) is 17.6 Å². The molecule has 1 aromatic carbocycles. The number of pyridine rings is 1. The van der Waals surface area contributed by atoms with Crippen LogP contribution in [0.1, 0.15) is 31.1 Å². The van der Waals surface area contributed by atoms with E-state index in [0.29, 0.717) is 36.1 Å². The van der Waals surface area contributed by atoms with Crippen molar-refractivity contribution in [3.63, 3.8) is 0 Å². The first-order chi connectivity index (χ1) is 17.0. The summed E-state index contributed by atoms with van der Waals surface area (Å²) in [6.07, 6.45) is 2.66. The zero-order valence-electron chi connectivity index (χ0n) is 20.0. The van der Waals surface area contributed by atoms with E-state index in [0.717, 1.165) is 24.3 Å². The summed E-state index contributed by atoms with van der Waals surface area (Å²) in [5.41, 5.74) is 2.58. The van der Waals surface area contributed by atoms with E-state index in [1.807, 2.05) is 24.3 Å². The first-order valence-corrected chi connectivity index (χ1v) is 11.4. The van der Waals surface area contributed by atoms with Gasteiger partial charge in [-0.25, -0.2) is 19.7 Å². The first kappa shape index (κ1) is 25.3. The molecule has 0 amide bonds. The molecule has 0 atom stereocenters. The topological polar surface area (TPSA) is 135 Å². The molecule has 3 aromatic rings. The largest absolute Gasteiger partial charge is 0.462 e. The second kappa shape index (κ2) is 12.3. The zero-order valence-corrected chi connectivity index (χ0v) is 20.0. The van der Waals surface area contributed by atoms with Crippen LogP contribution in [0.2, 0.25) is 0 Å². The van der Waals surface area contributed by atoms with Crippen LogP contribution in [0.4, 0.5) is 23.1 Å². The Hall–Kier alpha value is -4.28. The smallest absolute Gasteiger partial charge is 0.341 e. The van der Waals surface area contributed by atoms with Crippen LogP contribution in [0.3, 0.4) is 0 Å². The van der Waals surface area contributed by atoms with Crippen molar-refractivity contribution in [2.24, 2.45) is 0 Å². The monoisotopic (exact) mass is 479 g/mol. The Bertz CT molecular complexity index is 1130. The molecule has 11 heteroatoms. The number of esters is 1. The van der Waals surface area contributed by atoms with Crippen molar-refractivity contribution >= 4 is 29.1 Å². The van der Waals surface area contributed by atoms with Gasteiger partial charge in [-0.15, -0.1) is 0 Å². The molecular formula is C24H29N7O4. The number of carbonyl (C=O) groups excluding carboxylic acids is 1. The van der Waals surface area contributed by atoms with Crippen LogP contribution in [0.5, 0.6) is 0 Å². The van der Waals surface area contributed by atoms with E-state index in [-0.39, 0.29) is 12.3 Å². The number of nitro groups is 1. The lowest BCUT2D eigenvalue weighted by Gasteiger charge is -2.21. The lowest BCUT2D eigenvalue weighted by molar-refractivity contribution is -0.385. The minimum Gasteiger partial charge on any atom is -0.462 e. The Balaban J connectivity index is 1.73. The van der Waals surface area contributed by atoms with E-state index in [1.165, 1.54) is 18.5 Å². The lowest BCUT2D eigenvalue weighted by atomic mass is 10.1. The van der Waals surface area contributed by atoms with Gasteiger partial charge in [-0.05, 0) is 39.0 Å². The number of nitrogens with one attached hydrogen (secondary N) is 2. The molecule has 2 heterocycles. The van der Waals surface area contributed by atoms with Crippen molar-refractivity contribution in [3.8, 4) is 11.3 Å². The molecule has 0 unspecified atom stereocenters. The van der Waals surface area contributed by atoms with Gasteiger partial charge in [-0.1, -0.05) is 12.1 Å². The van der Waals surface area contributed by atoms with Gasteiger partial charge >= 0.3 is 5.97 Å². The average Bonchev–Trinajstić information content (AvgIpc) is 2.88. The minimum absolute atomic E-state index is 0.0681. The number of rotatable bonds is 12. The van der Waals surface area contributed by atoms with E-state index in [9.17, 15) is 14.9 Å². The summed E-state index contributed by atoms with van der Waals surface area (Å²) >= 11 is 0. The highest BCUT2D eigenvalue weighted by atomic mass is 16.6. The quantitative estimate of drug-likeness (QED) is 0.170. The standard InChI is InChI=1S/C24H29N7O4/c1-4-30(5-2)18-9-7-17(8-10-18)22-20(23(32)35-6-3)16-28-24(29-22)26-14-13-25-21-12-11-19(15-27-21)31(33)34/h7-12,15-16H,4-6,13-14H2,1-3H3,(H,25,27)(H,26,28,29). The fraction of sp³-hybridized carbons (Fsp3) is 0.333. The summed E-state index contributed by atoms with van der Waals surface area (Å²) in [5, 5.41) is 16.9.